The maximum Gasteiger partial charge on any atom is 0.300 e. The average Bonchev–Trinajstić information content (AvgIpc) is 2.74. The molecule has 0 aliphatic heterocycles. The predicted molar refractivity (Wildman–Crippen MR) is 61.6 cm³/mol. The van der Waals surface area contributed by atoms with Gasteiger partial charge in [-0.3, -0.25) is 4.79 Å². The Labute approximate surface area is 93.1 Å². The summed E-state index contributed by atoms with van der Waals surface area (Å²) in [6.45, 7) is 6.92. The number of amides is 1. The van der Waals surface area contributed by atoms with E-state index in [1.54, 1.807) is 0 Å². The van der Waals surface area contributed by atoms with Crippen LogP contribution in [0.4, 0.5) is 0 Å². The van der Waals surface area contributed by atoms with Gasteiger partial charge in [-0.05, 0) is 23.1 Å². The van der Waals surface area contributed by atoms with Crippen molar-refractivity contribution < 1.29 is 4.79 Å². The van der Waals surface area contributed by atoms with Crippen LogP contribution in [0.1, 0.15) is 5.56 Å². The first-order valence-electron chi connectivity index (χ1n) is 4.95. The quantitative estimate of drug-likeness (QED) is 0.749. The molecule has 2 N–H and O–H groups in total. The second kappa shape index (κ2) is 4.49. The normalized spacial score (nSPS) is 9.94. The number of nitrogens with zero attached hydrogens (tertiary/aromatic N) is 1. The number of nitrogens with one attached hydrogen (secondary N) is 2. The van der Waals surface area contributed by atoms with Crippen LogP contribution in [-0.4, -0.2) is 17.4 Å². The Morgan fingerprint density at radius 1 is 1.44 bits per heavy atom. The lowest BCUT2D eigenvalue weighted by molar-refractivity contribution is -0.119. The molecule has 0 aliphatic rings. The van der Waals surface area contributed by atoms with E-state index in [1.807, 2.05) is 30.5 Å². The molecule has 16 heavy (non-hydrogen) atoms. The molecule has 0 fully saturated rings. The van der Waals surface area contributed by atoms with Crippen LogP contribution >= 0.6 is 0 Å². The van der Waals surface area contributed by atoms with Gasteiger partial charge < -0.3 is 15.1 Å². The summed E-state index contributed by atoms with van der Waals surface area (Å²) in [5.74, 6) is -0.235. The van der Waals surface area contributed by atoms with Gasteiger partial charge in [0.15, 0.2) is 0 Å². The molecular formula is C12H11N3O. The molecule has 0 bridgehead atoms. The summed E-state index contributed by atoms with van der Waals surface area (Å²) >= 11 is 0. The number of hydrogen-bond donors (Lipinski definition) is 2. The Hall–Kier alpha value is -2.28. The first kappa shape index (κ1) is 10.2. The number of carbonyl (C=O) groups is 1. The van der Waals surface area contributed by atoms with Gasteiger partial charge in [0.1, 0.15) is 0 Å². The molecular weight excluding hydrogens is 202 g/mol. The van der Waals surface area contributed by atoms with Gasteiger partial charge in [0.2, 0.25) is 0 Å². The van der Waals surface area contributed by atoms with Gasteiger partial charge in [-0.2, -0.15) is 0 Å². The zero-order valence-corrected chi connectivity index (χ0v) is 8.66. The number of aromatic nitrogens is 1. The van der Waals surface area contributed by atoms with Gasteiger partial charge in [0.25, 0.3) is 12.5 Å². The average molecular weight is 213 g/mol. The zero-order valence-electron chi connectivity index (χ0n) is 8.66. The van der Waals surface area contributed by atoms with Crippen LogP contribution in [0.25, 0.3) is 15.7 Å². The highest BCUT2D eigenvalue weighted by atomic mass is 16.1. The first-order chi connectivity index (χ1) is 7.79. The van der Waals surface area contributed by atoms with Gasteiger partial charge in [-0.25, -0.2) is 6.57 Å². The van der Waals surface area contributed by atoms with E-state index in [9.17, 15) is 4.79 Å². The summed E-state index contributed by atoms with van der Waals surface area (Å²) < 4.78 is 0. The predicted octanol–water partition coefficient (Wildman–Crippen LogP) is 1.70. The van der Waals surface area contributed by atoms with E-state index in [1.165, 1.54) is 0 Å². The molecule has 4 nitrogen and oxygen atoms in total. The van der Waals surface area contributed by atoms with Gasteiger partial charge in [0.05, 0.1) is 0 Å². The van der Waals surface area contributed by atoms with Gasteiger partial charge >= 0.3 is 0 Å². The van der Waals surface area contributed by atoms with Crippen molar-refractivity contribution in [3.05, 3.63) is 47.4 Å². The molecule has 0 radical (unpaired) electrons. The number of H-pyrrole nitrogens is 1. The molecule has 0 aliphatic carbocycles. The van der Waals surface area contributed by atoms with Crippen LogP contribution in [0.2, 0.25) is 0 Å². The molecule has 0 atom stereocenters. The molecule has 1 heterocycles. The van der Waals surface area contributed by atoms with Crippen molar-refractivity contribution in [1.82, 2.24) is 10.3 Å². The van der Waals surface area contributed by atoms with Crippen molar-refractivity contribution >= 4 is 16.8 Å². The van der Waals surface area contributed by atoms with E-state index >= 15 is 0 Å². The highest BCUT2D eigenvalue weighted by Gasteiger charge is 2.03. The third-order valence-corrected chi connectivity index (χ3v) is 2.33. The lowest BCUT2D eigenvalue weighted by atomic mass is 10.1. The maximum atomic E-state index is 11.1. The minimum atomic E-state index is -0.235. The Bertz CT molecular complexity index is 551. The van der Waals surface area contributed by atoms with Crippen molar-refractivity contribution in [2.45, 2.75) is 6.54 Å². The highest BCUT2D eigenvalue weighted by Crippen LogP contribution is 2.13. The number of hydrogen-bond acceptors (Lipinski definition) is 1. The third kappa shape index (κ3) is 2.20. The summed E-state index contributed by atoms with van der Waals surface area (Å²) in [7, 11) is 0. The summed E-state index contributed by atoms with van der Waals surface area (Å²) in [6, 6.07) is 7.96. The Morgan fingerprint density at radius 3 is 3.12 bits per heavy atom. The van der Waals surface area contributed by atoms with Crippen molar-refractivity contribution in [3.8, 4) is 0 Å². The number of aromatic amines is 1. The van der Waals surface area contributed by atoms with Crippen LogP contribution in [0, 0.1) is 6.57 Å². The van der Waals surface area contributed by atoms with Crippen molar-refractivity contribution in [1.29, 1.82) is 0 Å². The SMILES string of the molecule is [C-]#[N+]CC(=O)NCc1ccc2cc[nH]c2c1. The maximum absolute atomic E-state index is 11.1. The van der Waals surface area contributed by atoms with Crippen LogP contribution in [0.5, 0.6) is 0 Å². The summed E-state index contributed by atoms with van der Waals surface area (Å²) in [5.41, 5.74) is 2.07. The van der Waals surface area contributed by atoms with Gasteiger partial charge in [-0.15, -0.1) is 0 Å². The van der Waals surface area contributed by atoms with E-state index in [2.05, 4.69) is 15.1 Å². The summed E-state index contributed by atoms with van der Waals surface area (Å²) in [5, 5.41) is 3.84. The Morgan fingerprint density at radius 2 is 2.31 bits per heavy atom. The fourth-order valence-corrected chi connectivity index (χ4v) is 1.53. The monoisotopic (exact) mass is 213 g/mol. The zero-order chi connectivity index (χ0) is 11.4. The molecule has 1 aromatic carbocycles. The van der Waals surface area contributed by atoms with Gasteiger partial charge in [-0.1, -0.05) is 12.1 Å². The molecule has 1 amide bonds. The fraction of sp³-hybridized carbons (Fsp3) is 0.167. The lowest BCUT2D eigenvalue weighted by Gasteiger charge is -2.02. The number of fused-ring (bicyclic) bond motifs is 1. The van der Waals surface area contributed by atoms with Gasteiger partial charge in [0, 0.05) is 18.3 Å². The van der Waals surface area contributed by atoms with Crippen molar-refractivity contribution in [2.24, 2.45) is 0 Å². The minimum absolute atomic E-state index is 0.106. The lowest BCUT2D eigenvalue weighted by Crippen LogP contribution is -2.24. The van der Waals surface area contributed by atoms with Crippen molar-refractivity contribution in [3.63, 3.8) is 0 Å². The number of rotatable bonds is 3. The molecule has 1 aromatic heterocycles. The van der Waals surface area contributed by atoms with Crippen LogP contribution in [0.15, 0.2) is 30.5 Å². The van der Waals surface area contributed by atoms with Crippen LogP contribution < -0.4 is 5.32 Å². The third-order valence-electron chi connectivity index (χ3n) is 2.33. The minimum Gasteiger partial charge on any atom is -0.361 e. The van der Waals surface area contributed by atoms with E-state index in [-0.39, 0.29) is 12.5 Å². The fourth-order valence-electron chi connectivity index (χ4n) is 1.53. The first-order valence-corrected chi connectivity index (χ1v) is 4.95. The van der Waals surface area contributed by atoms with Crippen LogP contribution in [0.3, 0.4) is 0 Å². The smallest absolute Gasteiger partial charge is 0.300 e. The molecule has 80 valence electrons. The molecule has 0 spiro atoms. The van der Waals surface area contributed by atoms with E-state index < -0.39 is 0 Å². The topological polar surface area (TPSA) is 49.2 Å². The second-order valence-corrected chi connectivity index (χ2v) is 3.49. The largest absolute Gasteiger partial charge is 0.361 e. The van der Waals surface area contributed by atoms with Crippen LogP contribution in [-0.2, 0) is 11.3 Å². The van der Waals surface area contributed by atoms with E-state index in [0.717, 1.165) is 16.5 Å². The number of carbonyl (C=O) groups excluding carboxylic acids is 1. The Balaban J connectivity index is 2.04. The second-order valence-electron chi connectivity index (χ2n) is 3.49. The van der Waals surface area contributed by atoms with E-state index in [4.69, 9.17) is 6.57 Å². The molecule has 0 saturated carbocycles. The number of benzene rings is 1. The summed E-state index contributed by atoms with van der Waals surface area (Å²) in [4.78, 5) is 17.2. The molecule has 2 rings (SSSR count). The molecule has 4 heteroatoms. The molecule has 0 saturated heterocycles. The molecule has 2 aromatic rings. The van der Waals surface area contributed by atoms with E-state index in [0.29, 0.717) is 6.54 Å². The highest BCUT2D eigenvalue weighted by molar-refractivity contribution is 5.81. The standard InChI is InChI=1S/C12H11N3O/c1-13-8-12(16)15-7-9-2-3-10-4-5-14-11(10)6-9/h2-6,14H,7-8H2,(H,15,16). The Kier molecular flexibility index (Phi) is 2.88. The molecule has 0 unspecified atom stereocenters. The van der Waals surface area contributed by atoms with Crippen molar-refractivity contribution in [2.75, 3.05) is 6.54 Å². The summed E-state index contributed by atoms with van der Waals surface area (Å²) in [6.07, 6.45) is 1.88.